The molecule has 0 amide bonds. The van der Waals surface area contributed by atoms with E-state index in [1.165, 1.54) is 0 Å². The second-order valence-corrected chi connectivity index (χ2v) is 5.09. The molecule has 1 aromatic carbocycles. The van der Waals surface area contributed by atoms with E-state index >= 15 is 0 Å². The first-order chi connectivity index (χ1) is 8.69. The van der Waals surface area contributed by atoms with Crippen LogP contribution in [-0.2, 0) is 4.79 Å². The lowest BCUT2D eigenvalue weighted by Gasteiger charge is -1.97. The highest BCUT2D eigenvalue weighted by Gasteiger charge is 2.10. The summed E-state index contributed by atoms with van der Waals surface area (Å²) in [7, 11) is 0. The normalized spacial score (nSPS) is 10.5. The molecule has 94 valence electrons. The third-order valence-electron chi connectivity index (χ3n) is 2.06. The van der Waals surface area contributed by atoms with Gasteiger partial charge in [0.2, 0.25) is 5.89 Å². The molecule has 0 saturated carbocycles. The van der Waals surface area contributed by atoms with Crippen molar-refractivity contribution in [2.24, 2.45) is 0 Å². The third-order valence-corrected chi connectivity index (χ3v) is 3.61. The van der Waals surface area contributed by atoms with Gasteiger partial charge in [-0.1, -0.05) is 11.8 Å². The van der Waals surface area contributed by atoms with Crippen molar-refractivity contribution in [1.29, 1.82) is 0 Å². The van der Waals surface area contributed by atoms with Gasteiger partial charge in [0.15, 0.2) is 0 Å². The van der Waals surface area contributed by atoms with Crippen molar-refractivity contribution in [3.8, 4) is 11.5 Å². The molecule has 1 aromatic heterocycles. The molecule has 0 atom stereocenters. The van der Waals surface area contributed by atoms with Gasteiger partial charge in [0, 0.05) is 10.5 Å². The van der Waals surface area contributed by atoms with E-state index in [1.807, 2.05) is 30.5 Å². The van der Waals surface area contributed by atoms with Crippen LogP contribution in [0.5, 0.6) is 0 Å². The fourth-order valence-corrected chi connectivity index (χ4v) is 2.13. The van der Waals surface area contributed by atoms with E-state index in [0.717, 1.165) is 22.2 Å². The topological polar surface area (TPSA) is 76.2 Å². The standard InChI is InChI=1S/C11H10N2O3S2/c1-17-8-4-2-7(3-5-8)10-12-13-11(16-10)18-6-9(14)15/h2-5H,6H2,1H3,(H,14,15). The van der Waals surface area contributed by atoms with Crippen molar-refractivity contribution < 1.29 is 14.3 Å². The third kappa shape index (κ3) is 3.27. The van der Waals surface area contributed by atoms with Crippen molar-refractivity contribution in [2.45, 2.75) is 10.1 Å². The van der Waals surface area contributed by atoms with Crippen LogP contribution in [0.1, 0.15) is 0 Å². The average molecular weight is 282 g/mol. The summed E-state index contributed by atoms with van der Waals surface area (Å²) in [5.41, 5.74) is 0.822. The maximum Gasteiger partial charge on any atom is 0.314 e. The first kappa shape index (κ1) is 13.0. The van der Waals surface area contributed by atoms with Crippen LogP contribution in [0.3, 0.4) is 0 Å². The van der Waals surface area contributed by atoms with E-state index in [1.54, 1.807) is 11.8 Å². The molecule has 0 bridgehead atoms. The predicted octanol–water partition coefficient (Wildman–Crippen LogP) is 2.64. The van der Waals surface area contributed by atoms with Gasteiger partial charge in [-0.15, -0.1) is 22.0 Å². The molecular formula is C11H10N2O3S2. The molecule has 1 N–H and O–H groups in total. The first-order valence-electron chi connectivity index (χ1n) is 5.01. The lowest BCUT2D eigenvalue weighted by atomic mass is 10.2. The summed E-state index contributed by atoms with van der Waals surface area (Å²) in [6, 6.07) is 7.72. The molecule has 2 rings (SSSR count). The fraction of sp³-hybridized carbons (Fsp3) is 0.182. The van der Waals surface area contributed by atoms with E-state index in [-0.39, 0.29) is 11.0 Å². The van der Waals surface area contributed by atoms with Crippen LogP contribution < -0.4 is 0 Å². The van der Waals surface area contributed by atoms with Gasteiger partial charge in [0.05, 0.1) is 0 Å². The number of rotatable bonds is 5. The van der Waals surface area contributed by atoms with Crippen LogP contribution in [0.2, 0.25) is 0 Å². The monoisotopic (exact) mass is 282 g/mol. The maximum atomic E-state index is 10.4. The Hall–Kier alpha value is -1.47. The Labute approximate surface area is 112 Å². The van der Waals surface area contributed by atoms with Crippen LogP contribution in [0.4, 0.5) is 0 Å². The minimum absolute atomic E-state index is 0.0902. The van der Waals surface area contributed by atoms with Gasteiger partial charge >= 0.3 is 5.97 Å². The number of aliphatic carboxylic acids is 1. The molecule has 0 unspecified atom stereocenters. The minimum atomic E-state index is -0.913. The van der Waals surface area contributed by atoms with Crippen molar-refractivity contribution >= 4 is 29.5 Å². The highest BCUT2D eigenvalue weighted by atomic mass is 32.2. The van der Waals surface area contributed by atoms with Gasteiger partial charge in [-0.3, -0.25) is 4.79 Å². The van der Waals surface area contributed by atoms with Crippen LogP contribution in [0.25, 0.3) is 11.5 Å². The summed E-state index contributed by atoms with van der Waals surface area (Å²) in [5, 5.41) is 16.5. The van der Waals surface area contributed by atoms with Gasteiger partial charge in [0.25, 0.3) is 5.22 Å². The van der Waals surface area contributed by atoms with E-state index in [2.05, 4.69) is 10.2 Å². The van der Waals surface area contributed by atoms with Crippen LogP contribution >= 0.6 is 23.5 Å². The Balaban J connectivity index is 2.10. The summed E-state index contributed by atoms with van der Waals surface area (Å²) >= 11 is 2.66. The zero-order valence-corrected chi connectivity index (χ0v) is 11.1. The van der Waals surface area contributed by atoms with Crippen molar-refractivity contribution in [1.82, 2.24) is 10.2 Å². The molecule has 18 heavy (non-hydrogen) atoms. The number of nitrogens with zero attached hydrogens (tertiary/aromatic N) is 2. The molecule has 0 fully saturated rings. The molecule has 5 nitrogen and oxygen atoms in total. The Morgan fingerprint density at radius 3 is 2.67 bits per heavy atom. The number of carboxylic acids is 1. The van der Waals surface area contributed by atoms with E-state index in [9.17, 15) is 4.79 Å². The number of hydrogen-bond donors (Lipinski definition) is 1. The highest BCUT2D eigenvalue weighted by molar-refractivity contribution is 7.99. The van der Waals surface area contributed by atoms with Gasteiger partial charge in [-0.2, -0.15) is 0 Å². The summed E-state index contributed by atoms with van der Waals surface area (Å²) in [6.45, 7) is 0. The summed E-state index contributed by atoms with van der Waals surface area (Å²) in [4.78, 5) is 11.6. The second-order valence-electron chi connectivity index (χ2n) is 3.28. The van der Waals surface area contributed by atoms with E-state index < -0.39 is 5.97 Å². The Morgan fingerprint density at radius 1 is 1.33 bits per heavy atom. The second kappa shape index (κ2) is 5.92. The molecule has 7 heteroatoms. The Kier molecular flexibility index (Phi) is 4.27. The van der Waals surface area contributed by atoms with Crippen LogP contribution in [-0.4, -0.2) is 33.3 Å². The number of benzene rings is 1. The molecule has 0 aliphatic heterocycles. The van der Waals surface area contributed by atoms with Crippen molar-refractivity contribution in [3.05, 3.63) is 24.3 Å². The molecule has 1 heterocycles. The zero-order chi connectivity index (χ0) is 13.0. The van der Waals surface area contributed by atoms with Gasteiger partial charge in [-0.25, -0.2) is 0 Å². The first-order valence-corrected chi connectivity index (χ1v) is 7.22. The number of carboxylic acid groups (broad SMARTS) is 1. The van der Waals surface area contributed by atoms with Crippen LogP contribution in [0, 0.1) is 0 Å². The van der Waals surface area contributed by atoms with E-state index in [0.29, 0.717) is 5.89 Å². The van der Waals surface area contributed by atoms with E-state index in [4.69, 9.17) is 9.52 Å². The summed E-state index contributed by atoms with van der Waals surface area (Å²) < 4.78 is 5.36. The van der Waals surface area contributed by atoms with Crippen molar-refractivity contribution in [2.75, 3.05) is 12.0 Å². The van der Waals surface area contributed by atoms with Crippen molar-refractivity contribution in [3.63, 3.8) is 0 Å². The molecular weight excluding hydrogens is 272 g/mol. The Morgan fingerprint density at radius 2 is 2.06 bits per heavy atom. The molecule has 0 saturated heterocycles. The average Bonchev–Trinajstić information content (AvgIpc) is 2.85. The molecule has 0 spiro atoms. The van der Waals surface area contributed by atoms with Gasteiger partial charge in [0.1, 0.15) is 5.75 Å². The molecule has 2 aromatic rings. The molecule has 0 aliphatic carbocycles. The number of hydrogen-bond acceptors (Lipinski definition) is 6. The zero-order valence-electron chi connectivity index (χ0n) is 9.49. The maximum absolute atomic E-state index is 10.4. The lowest BCUT2D eigenvalue weighted by molar-refractivity contribution is -0.133. The largest absolute Gasteiger partial charge is 0.481 e. The summed E-state index contributed by atoms with van der Waals surface area (Å²) in [6.07, 6.45) is 2.00. The van der Waals surface area contributed by atoms with Gasteiger partial charge in [-0.05, 0) is 30.5 Å². The number of carbonyl (C=O) groups is 1. The quantitative estimate of drug-likeness (QED) is 0.845. The predicted molar refractivity (Wildman–Crippen MR) is 69.9 cm³/mol. The lowest BCUT2D eigenvalue weighted by Crippen LogP contribution is -1.97. The molecule has 0 radical (unpaired) electrons. The number of aromatic nitrogens is 2. The number of thioether (sulfide) groups is 2. The van der Waals surface area contributed by atoms with Crippen LogP contribution in [0.15, 0.2) is 38.8 Å². The minimum Gasteiger partial charge on any atom is -0.481 e. The summed E-state index contributed by atoms with van der Waals surface area (Å²) in [5.74, 6) is -0.604. The molecule has 0 aliphatic rings. The smallest absolute Gasteiger partial charge is 0.314 e. The Bertz CT molecular complexity index is 539. The SMILES string of the molecule is CSc1ccc(-c2nnc(SCC(=O)O)o2)cc1. The highest BCUT2D eigenvalue weighted by Crippen LogP contribution is 2.24. The van der Waals surface area contributed by atoms with Gasteiger partial charge < -0.3 is 9.52 Å². The fourth-order valence-electron chi connectivity index (χ4n) is 1.24.